The van der Waals surface area contributed by atoms with Crippen molar-refractivity contribution in [2.24, 2.45) is 0 Å². The SMILES string of the molecule is C=CC(=O)Nc1cc(N)c(OC)cc1N1CCSCC1. The van der Waals surface area contributed by atoms with Crippen molar-refractivity contribution in [2.45, 2.75) is 0 Å². The molecular formula is C14H19N3O2S. The number of benzene rings is 1. The van der Waals surface area contributed by atoms with Gasteiger partial charge in [0.05, 0.1) is 24.2 Å². The molecule has 1 amide bonds. The fourth-order valence-corrected chi connectivity index (χ4v) is 3.02. The molecule has 0 aromatic heterocycles. The molecule has 108 valence electrons. The van der Waals surface area contributed by atoms with Crippen LogP contribution in [0.25, 0.3) is 0 Å². The molecule has 20 heavy (non-hydrogen) atoms. The third-order valence-corrected chi connectivity index (χ3v) is 4.09. The highest BCUT2D eigenvalue weighted by Gasteiger charge is 2.18. The molecule has 0 radical (unpaired) electrons. The predicted molar refractivity (Wildman–Crippen MR) is 85.8 cm³/mol. The van der Waals surface area contributed by atoms with Crippen molar-refractivity contribution >= 4 is 34.7 Å². The number of hydrogen-bond donors (Lipinski definition) is 2. The number of ether oxygens (including phenoxy) is 1. The lowest BCUT2D eigenvalue weighted by Gasteiger charge is -2.30. The molecular weight excluding hydrogens is 274 g/mol. The molecule has 1 aliphatic heterocycles. The van der Waals surface area contributed by atoms with Gasteiger partial charge in [-0.3, -0.25) is 4.79 Å². The first-order chi connectivity index (χ1) is 9.65. The second kappa shape index (κ2) is 6.56. The van der Waals surface area contributed by atoms with Crippen LogP contribution in [-0.4, -0.2) is 37.6 Å². The van der Waals surface area contributed by atoms with E-state index in [1.165, 1.54) is 6.08 Å². The molecule has 0 saturated carbocycles. The number of thioether (sulfide) groups is 1. The molecule has 1 aliphatic rings. The standard InChI is InChI=1S/C14H19N3O2S/c1-3-14(18)16-11-8-10(15)13(19-2)9-12(11)17-4-6-20-7-5-17/h3,8-9H,1,4-7,15H2,2H3,(H,16,18). The maximum Gasteiger partial charge on any atom is 0.247 e. The summed E-state index contributed by atoms with van der Waals surface area (Å²) < 4.78 is 5.27. The quantitative estimate of drug-likeness (QED) is 0.656. The maximum absolute atomic E-state index is 11.6. The number of hydrogen-bond acceptors (Lipinski definition) is 5. The average Bonchev–Trinajstić information content (AvgIpc) is 2.48. The Morgan fingerprint density at radius 1 is 1.50 bits per heavy atom. The highest BCUT2D eigenvalue weighted by Crippen LogP contribution is 2.36. The first-order valence-corrected chi connectivity index (χ1v) is 7.54. The molecule has 1 fully saturated rings. The lowest BCUT2D eigenvalue weighted by atomic mass is 10.2. The van der Waals surface area contributed by atoms with Crippen molar-refractivity contribution < 1.29 is 9.53 Å². The molecule has 1 saturated heterocycles. The van der Waals surface area contributed by atoms with Gasteiger partial charge in [0.25, 0.3) is 0 Å². The van der Waals surface area contributed by atoms with Gasteiger partial charge in [0, 0.05) is 30.7 Å². The Balaban J connectivity index is 2.38. The first kappa shape index (κ1) is 14.6. The van der Waals surface area contributed by atoms with Crippen LogP contribution in [-0.2, 0) is 4.79 Å². The van der Waals surface area contributed by atoms with Crippen LogP contribution < -0.4 is 20.7 Å². The molecule has 1 aromatic carbocycles. The van der Waals surface area contributed by atoms with E-state index in [0.29, 0.717) is 17.1 Å². The van der Waals surface area contributed by atoms with Crippen LogP contribution in [0.4, 0.5) is 17.1 Å². The van der Waals surface area contributed by atoms with Crippen molar-refractivity contribution in [2.75, 3.05) is 47.7 Å². The Morgan fingerprint density at radius 3 is 2.80 bits per heavy atom. The van der Waals surface area contributed by atoms with Crippen LogP contribution in [0, 0.1) is 0 Å². The van der Waals surface area contributed by atoms with E-state index in [0.717, 1.165) is 30.3 Å². The number of amides is 1. The monoisotopic (exact) mass is 293 g/mol. The summed E-state index contributed by atoms with van der Waals surface area (Å²) in [6, 6.07) is 3.61. The molecule has 1 aromatic rings. The van der Waals surface area contributed by atoms with Crippen LogP contribution in [0.2, 0.25) is 0 Å². The van der Waals surface area contributed by atoms with Crippen LogP contribution in [0.1, 0.15) is 0 Å². The minimum Gasteiger partial charge on any atom is -0.495 e. The number of carbonyl (C=O) groups is 1. The molecule has 5 nitrogen and oxygen atoms in total. The van der Waals surface area contributed by atoms with E-state index in [4.69, 9.17) is 10.5 Å². The summed E-state index contributed by atoms with van der Waals surface area (Å²) in [6.07, 6.45) is 1.25. The van der Waals surface area contributed by atoms with Crippen LogP contribution >= 0.6 is 11.8 Å². The van der Waals surface area contributed by atoms with Gasteiger partial charge in [-0.05, 0) is 12.1 Å². The van der Waals surface area contributed by atoms with Gasteiger partial charge < -0.3 is 20.7 Å². The number of anilines is 3. The molecule has 1 heterocycles. The van der Waals surface area contributed by atoms with E-state index in [1.54, 1.807) is 13.2 Å². The summed E-state index contributed by atoms with van der Waals surface area (Å²) >= 11 is 1.93. The van der Waals surface area contributed by atoms with Gasteiger partial charge >= 0.3 is 0 Å². The summed E-state index contributed by atoms with van der Waals surface area (Å²) in [6.45, 7) is 5.35. The van der Waals surface area contributed by atoms with Gasteiger partial charge in [-0.25, -0.2) is 0 Å². The Kier molecular flexibility index (Phi) is 4.79. The van der Waals surface area contributed by atoms with Gasteiger partial charge in [0.2, 0.25) is 5.91 Å². The highest BCUT2D eigenvalue weighted by molar-refractivity contribution is 7.99. The second-order valence-corrected chi connectivity index (χ2v) is 5.63. The molecule has 0 bridgehead atoms. The Bertz CT molecular complexity index is 513. The van der Waals surface area contributed by atoms with Crippen LogP contribution in [0.15, 0.2) is 24.8 Å². The molecule has 3 N–H and O–H groups in total. The normalized spacial score (nSPS) is 14.8. The van der Waals surface area contributed by atoms with Gasteiger partial charge in [-0.2, -0.15) is 11.8 Å². The van der Waals surface area contributed by atoms with Crippen LogP contribution in [0.3, 0.4) is 0 Å². The zero-order valence-corrected chi connectivity index (χ0v) is 12.3. The summed E-state index contributed by atoms with van der Waals surface area (Å²) in [4.78, 5) is 13.8. The largest absolute Gasteiger partial charge is 0.495 e. The van der Waals surface area contributed by atoms with Gasteiger partial charge in [-0.1, -0.05) is 6.58 Å². The molecule has 0 aliphatic carbocycles. The molecule has 2 rings (SSSR count). The van der Waals surface area contributed by atoms with E-state index >= 15 is 0 Å². The number of nitrogen functional groups attached to an aromatic ring is 1. The lowest BCUT2D eigenvalue weighted by Crippen LogP contribution is -2.33. The van der Waals surface area contributed by atoms with Gasteiger partial charge in [0.1, 0.15) is 5.75 Å². The van der Waals surface area contributed by atoms with Gasteiger partial charge in [0.15, 0.2) is 0 Å². The topological polar surface area (TPSA) is 67.6 Å². The molecule has 6 heteroatoms. The Hall–Kier alpha value is -1.82. The van der Waals surface area contributed by atoms with Crippen molar-refractivity contribution in [1.29, 1.82) is 0 Å². The zero-order valence-electron chi connectivity index (χ0n) is 11.5. The lowest BCUT2D eigenvalue weighted by molar-refractivity contribution is -0.111. The Morgan fingerprint density at radius 2 is 2.20 bits per heavy atom. The third-order valence-electron chi connectivity index (χ3n) is 3.14. The number of nitrogens with zero attached hydrogens (tertiary/aromatic N) is 1. The molecule has 0 spiro atoms. The van der Waals surface area contributed by atoms with E-state index in [1.807, 2.05) is 17.8 Å². The van der Waals surface area contributed by atoms with E-state index < -0.39 is 0 Å². The number of methoxy groups -OCH3 is 1. The average molecular weight is 293 g/mol. The fraction of sp³-hybridized carbons (Fsp3) is 0.357. The predicted octanol–water partition coefficient (Wildman–Crippen LogP) is 1.96. The summed E-state index contributed by atoms with van der Waals surface area (Å²) in [5.74, 6) is 2.51. The van der Waals surface area contributed by atoms with Crippen molar-refractivity contribution in [3.8, 4) is 5.75 Å². The third kappa shape index (κ3) is 3.19. The Labute approximate surface area is 123 Å². The van der Waals surface area contributed by atoms with Crippen LogP contribution in [0.5, 0.6) is 5.75 Å². The smallest absolute Gasteiger partial charge is 0.247 e. The highest BCUT2D eigenvalue weighted by atomic mass is 32.2. The number of nitrogens with two attached hydrogens (primary N) is 1. The van der Waals surface area contributed by atoms with E-state index in [2.05, 4.69) is 16.8 Å². The second-order valence-electron chi connectivity index (χ2n) is 4.40. The summed E-state index contributed by atoms with van der Waals surface area (Å²) in [7, 11) is 1.59. The molecule has 0 atom stereocenters. The number of carbonyl (C=O) groups excluding carboxylic acids is 1. The minimum atomic E-state index is -0.248. The first-order valence-electron chi connectivity index (χ1n) is 6.39. The molecule has 0 unspecified atom stereocenters. The number of nitrogens with one attached hydrogen (secondary N) is 1. The van der Waals surface area contributed by atoms with Crippen molar-refractivity contribution in [1.82, 2.24) is 0 Å². The summed E-state index contributed by atoms with van der Waals surface area (Å²) in [5.41, 5.74) is 8.06. The van der Waals surface area contributed by atoms with E-state index in [9.17, 15) is 4.79 Å². The van der Waals surface area contributed by atoms with Crippen molar-refractivity contribution in [3.05, 3.63) is 24.8 Å². The van der Waals surface area contributed by atoms with E-state index in [-0.39, 0.29) is 5.91 Å². The maximum atomic E-state index is 11.6. The van der Waals surface area contributed by atoms with Gasteiger partial charge in [-0.15, -0.1) is 0 Å². The fourth-order valence-electron chi connectivity index (χ4n) is 2.11. The zero-order chi connectivity index (χ0) is 14.5. The number of rotatable bonds is 4. The minimum absolute atomic E-state index is 0.248. The summed E-state index contributed by atoms with van der Waals surface area (Å²) in [5, 5.41) is 2.81. The van der Waals surface area contributed by atoms with Crippen molar-refractivity contribution in [3.63, 3.8) is 0 Å².